The van der Waals surface area contributed by atoms with E-state index in [9.17, 15) is 18.4 Å². The fourth-order valence-electron chi connectivity index (χ4n) is 1.02. The van der Waals surface area contributed by atoms with Crippen molar-refractivity contribution in [3.8, 4) is 0 Å². The molecule has 1 aromatic rings. The van der Waals surface area contributed by atoms with E-state index in [0.29, 0.717) is 6.07 Å². The van der Waals surface area contributed by atoms with E-state index in [4.69, 9.17) is 5.11 Å². The van der Waals surface area contributed by atoms with E-state index >= 15 is 0 Å². The molecule has 0 aliphatic heterocycles. The first-order valence-electron chi connectivity index (χ1n) is 4.45. The van der Waals surface area contributed by atoms with E-state index < -0.39 is 23.5 Å². The number of benzene rings is 1. The van der Waals surface area contributed by atoms with Gasteiger partial charge in [-0.05, 0) is 12.1 Å². The molecule has 6 heteroatoms. The predicted octanol–water partition coefficient (Wildman–Crippen LogP) is 1.77. The second-order valence-corrected chi connectivity index (χ2v) is 3.07. The predicted molar refractivity (Wildman–Crippen MR) is 51.9 cm³/mol. The highest BCUT2D eigenvalue weighted by molar-refractivity contribution is 5.92. The molecule has 0 aromatic heterocycles. The van der Waals surface area contributed by atoms with Crippen LogP contribution in [0.4, 0.5) is 14.5 Å². The summed E-state index contributed by atoms with van der Waals surface area (Å²) < 4.78 is 25.5. The van der Waals surface area contributed by atoms with Crippen LogP contribution < -0.4 is 5.32 Å². The fourth-order valence-corrected chi connectivity index (χ4v) is 1.02. The first kappa shape index (κ1) is 12.1. The van der Waals surface area contributed by atoms with Crippen LogP contribution in [0.1, 0.15) is 12.8 Å². The van der Waals surface area contributed by atoms with Crippen molar-refractivity contribution in [1.82, 2.24) is 0 Å². The van der Waals surface area contributed by atoms with Crippen LogP contribution in [0.3, 0.4) is 0 Å². The van der Waals surface area contributed by atoms with Crippen LogP contribution in [0.2, 0.25) is 0 Å². The number of anilines is 1. The van der Waals surface area contributed by atoms with Gasteiger partial charge in [0.2, 0.25) is 5.91 Å². The van der Waals surface area contributed by atoms with E-state index in [1.807, 2.05) is 0 Å². The lowest BCUT2D eigenvalue weighted by atomic mass is 10.2. The molecule has 86 valence electrons. The van der Waals surface area contributed by atoms with Crippen LogP contribution in [-0.4, -0.2) is 17.0 Å². The third kappa shape index (κ3) is 3.64. The average molecular weight is 229 g/mol. The summed E-state index contributed by atoms with van der Waals surface area (Å²) in [5, 5.41) is 10.5. The zero-order chi connectivity index (χ0) is 12.1. The first-order valence-corrected chi connectivity index (χ1v) is 4.45. The van der Waals surface area contributed by atoms with E-state index in [1.165, 1.54) is 0 Å². The summed E-state index contributed by atoms with van der Waals surface area (Å²) in [6, 6.07) is 2.70. The van der Waals surface area contributed by atoms with Gasteiger partial charge in [0.1, 0.15) is 11.6 Å². The number of hydrogen-bond acceptors (Lipinski definition) is 2. The second kappa shape index (κ2) is 5.20. The maximum Gasteiger partial charge on any atom is 0.303 e. The standard InChI is InChI=1S/C10H9F2NO3/c11-6-1-2-8(7(12)5-6)13-9(14)3-4-10(15)16/h1-2,5H,3-4H2,(H,13,14)(H,15,16). The van der Waals surface area contributed by atoms with Crippen LogP contribution in [0.5, 0.6) is 0 Å². The normalized spacial score (nSPS) is 9.88. The lowest BCUT2D eigenvalue weighted by molar-refractivity contribution is -0.138. The van der Waals surface area contributed by atoms with Crippen molar-refractivity contribution in [3.63, 3.8) is 0 Å². The molecule has 1 rings (SSSR count). The summed E-state index contributed by atoms with van der Waals surface area (Å²) in [5.74, 6) is -3.40. The number of nitrogens with one attached hydrogen (secondary N) is 1. The highest BCUT2D eigenvalue weighted by atomic mass is 19.1. The van der Waals surface area contributed by atoms with Crippen LogP contribution in [0.25, 0.3) is 0 Å². The Labute approximate surface area is 89.9 Å². The second-order valence-electron chi connectivity index (χ2n) is 3.07. The van der Waals surface area contributed by atoms with Crippen molar-refractivity contribution in [2.75, 3.05) is 5.32 Å². The number of carbonyl (C=O) groups excluding carboxylic acids is 1. The molecule has 0 aliphatic rings. The number of halogens is 2. The fraction of sp³-hybridized carbons (Fsp3) is 0.200. The Morgan fingerprint density at radius 2 is 1.94 bits per heavy atom. The molecular formula is C10H9F2NO3. The quantitative estimate of drug-likeness (QED) is 0.826. The van der Waals surface area contributed by atoms with Crippen molar-refractivity contribution in [2.45, 2.75) is 12.8 Å². The number of carboxylic acid groups (broad SMARTS) is 1. The minimum absolute atomic E-state index is 0.170. The van der Waals surface area contributed by atoms with Gasteiger partial charge >= 0.3 is 5.97 Å². The molecular weight excluding hydrogens is 220 g/mol. The first-order chi connectivity index (χ1) is 7.49. The molecule has 1 aromatic carbocycles. The van der Waals surface area contributed by atoms with Gasteiger partial charge in [0.15, 0.2) is 0 Å². The van der Waals surface area contributed by atoms with E-state index in [1.54, 1.807) is 0 Å². The maximum atomic E-state index is 13.0. The molecule has 0 radical (unpaired) electrons. The molecule has 0 spiro atoms. The molecule has 0 unspecified atom stereocenters. The number of carboxylic acids is 1. The summed E-state index contributed by atoms with van der Waals surface area (Å²) in [4.78, 5) is 21.3. The molecule has 4 nitrogen and oxygen atoms in total. The largest absolute Gasteiger partial charge is 0.481 e. The Balaban J connectivity index is 2.59. The van der Waals surface area contributed by atoms with Crippen molar-refractivity contribution in [3.05, 3.63) is 29.8 Å². The molecule has 16 heavy (non-hydrogen) atoms. The summed E-state index contributed by atoms with van der Waals surface area (Å²) in [6.07, 6.45) is -0.596. The molecule has 1 amide bonds. The minimum atomic E-state index is -1.12. The van der Waals surface area contributed by atoms with Gasteiger partial charge in [-0.2, -0.15) is 0 Å². The Kier molecular flexibility index (Phi) is 3.93. The molecule has 0 heterocycles. The molecule has 2 N–H and O–H groups in total. The number of aliphatic carboxylic acids is 1. The summed E-state index contributed by atoms with van der Waals surface area (Å²) in [6.45, 7) is 0. The van der Waals surface area contributed by atoms with Crippen LogP contribution in [0, 0.1) is 11.6 Å². The average Bonchev–Trinajstić information content (AvgIpc) is 2.19. The van der Waals surface area contributed by atoms with Crippen molar-refractivity contribution >= 4 is 17.6 Å². The van der Waals surface area contributed by atoms with Crippen molar-refractivity contribution in [2.24, 2.45) is 0 Å². The Morgan fingerprint density at radius 1 is 1.25 bits per heavy atom. The van der Waals surface area contributed by atoms with Gasteiger partial charge in [0.05, 0.1) is 12.1 Å². The smallest absolute Gasteiger partial charge is 0.303 e. The lowest BCUT2D eigenvalue weighted by Gasteiger charge is -2.05. The number of amides is 1. The minimum Gasteiger partial charge on any atom is -0.481 e. The van der Waals surface area contributed by atoms with Gasteiger partial charge in [0, 0.05) is 12.5 Å². The summed E-state index contributed by atoms with van der Waals surface area (Å²) >= 11 is 0. The SMILES string of the molecule is O=C(O)CCC(=O)Nc1ccc(F)cc1F. The Bertz CT molecular complexity index is 421. The number of rotatable bonds is 4. The molecule has 0 atom stereocenters. The van der Waals surface area contributed by atoms with Crippen LogP contribution in [0.15, 0.2) is 18.2 Å². The monoisotopic (exact) mass is 229 g/mol. The van der Waals surface area contributed by atoms with Gasteiger partial charge in [-0.25, -0.2) is 8.78 Å². The molecule has 0 aliphatic carbocycles. The number of hydrogen-bond donors (Lipinski definition) is 2. The Hall–Kier alpha value is -1.98. The molecule has 0 saturated heterocycles. The van der Waals surface area contributed by atoms with Gasteiger partial charge < -0.3 is 10.4 Å². The molecule has 0 fully saturated rings. The highest BCUT2D eigenvalue weighted by Gasteiger charge is 2.09. The summed E-state index contributed by atoms with van der Waals surface area (Å²) in [7, 11) is 0. The molecule has 0 bridgehead atoms. The zero-order valence-electron chi connectivity index (χ0n) is 8.17. The van der Waals surface area contributed by atoms with E-state index in [0.717, 1.165) is 12.1 Å². The maximum absolute atomic E-state index is 13.0. The number of carbonyl (C=O) groups is 2. The Morgan fingerprint density at radius 3 is 2.50 bits per heavy atom. The van der Waals surface area contributed by atoms with E-state index in [2.05, 4.69) is 5.32 Å². The van der Waals surface area contributed by atoms with Crippen molar-refractivity contribution < 1.29 is 23.5 Å². The third-order valence-electron chi connectivity index (χ3n) is 1.77. The lowest BCUT2D eigenvalue weighted by Crippen LogP contribution is -2.14. The third-order valence-corrected chi connectivity index (χ3v) is 1.77. The van der Waals surface area contributed by atoms with Gasteiger partial charge in [-0.15, -0.1) is 0 Å². The van der Waals surface area contributed by atoms with Crippen LogP contribution >= 0.6 is 0 Å². The highest BCUT2D eigenvalue weighted by Crippen LogP contribution is 2.15. The zero-order valence-corrected chi connectivity index (χ0v) is 8.17. The molecule has 0 saturated carbocycles. The van der Waals surface area contributed by atoms with Gasteiger partial charge in [0.25, 0.3) is 0 Å². The van der Waals surface area contributed by atoms with Gasteiger partial charge in [-0.1, -0.05) is 0 Å². The summed E-state index contributed by atoms with van der Waals surface area (Å²) in [5.41, 5.74) is -0.170. The van der Waals surface area contributed by atoms with Crippen molar-refractivity contribution in [1.29, 1.82) is 0 Å². The topological polar surface area (TPSA) is 66.4 Å². The van der Waals surface area contributed by atoms with Gasteiger partial charge in [-0.3, -0.25) is 9.59 Å². The van der Waals surface area contributed by atoms with E-state index in [-0.39, 0.29) is 18.5 Å². The van der Waals surface area contributed by atoms with Crippen LogP contribution in [-0.2, 0) is 9.59 Å².